The van der Waals surface area contributed by atoms with Gasteiger partial charge in [-0.3, -0.25) is 18.7 Å². The Morgan fingerprint density at radius 3 is 2.74 bits per heavy atom. The quantitative estimate of drug-likeness (QED) is 0.603. The predicted molar refractivity (Wildman–Crippen MR) is 102 cm³/mol. The summed E-state index contributed by atoms with van der Waals surface area (Å²) in [6.07, 6.45) is 1.30. The maximum Gasteiger partial charge on any atom is 0.331 e. The van der Waals surface area contributed by atoms with Gasteiger partial charge in [0.2, 0.25) is 11.1 Å². The first kappa shape index (κ1) is 19.0. The number of nitrogens with one attached hydrogen (secondary N) is 1. The van der Waals surface area contributed by atoms with Crippen molar-refractivity contribution in [1.29, 1.82) is 0 Å². The molecule has 3 rings (SSSR count). The number of halogens is 1. The van der Waals surface area contributed by atoms with E-state index in [1.54, 1.807) is 13.1 Å². The Morgan fingerprint density at radius 2 is 2.04 bits per heavy atom. The summed E-state index contributed by atoms with van der Waals surface area (Å²) in [5, 5.41) is 14.6. The highest BCUT2D eigenvalue weighted by atomic mass is 79.9. The van der Waals surface area contributed by atoms with Crippen molar-refractivity contribution in [1.82, 2.24) is 29.3 Å². The summed E-state index contributed by atoms with van der Waals surface area (Å²) >= 11 is 4.66. The second kappa shape index (κ2) is 7.88. The van der Waals surface area contributed by atoms with Gasteiger partial charge in [0.15, 0.2) is 0 Å². The van der Waals surface area contributed by atoms with E-state index in [2.05, 4.69) is 36.8 Å². The van der Waals surface area contributed by atoms with Gasteiger partial charge in [0.25, 0.3) is 5.56 Å². The fourth-order valence-electron chi connectivity index (χ4n) is 2.18. The number of tetrazole rings is 1. The normalized spacial score (nSPS) is 10.8. The van der Waals surface area contributed by atoms with E-state index in [9.17, 15) is 14.4 Å². The number of carbonyl (C=O) groups excluding carboxylic acids is 1. The van der Waals surface area contributed by atoms with E-state index < -0.39 is 17.2 Å². The SMILES string of the molecule is Cn1nnnc1Sc1ccc(Br)cc1NC(=O)Cn1ccc(=O)n(C)c1=O. The first-order valence-electron chi connectivity index (χ1n) is 7.61. The molecule has 12 heteroatoms. The van der Waals surface area contributed by atoms with Crippen LogP contribution in [0.15, 0.2) is 54.6 Å². The summed E-state index contributed by atoms with van der Waals surface area (Å²) in [4.78, 5) is 36.7. The van der Waals surface area contributed by atoms with Gasteiger partial charge in [-0.25, -0.2) is 9.48 Å². The number of benzene rings is 1. The summed E-state index contributed by atoms with van der Waals surface area (Å²) in [5.41, 5.74) is -0.452. The second-order valence-electron chi connectivity index (χ2n) is 5.50. The molecule has 0 spiro atoms. The molecule has 0 unspecified atom stereocenters. The van der Waals surface area contributed by atoms with Crippen molar-refractivity contribution in [3.8, 4) is 0 Å². The topological polar surface area (TPSA) is 117 Å². The Morgan fingerprint density at radius 1 is 1.26 bits per heavy atom. The predicted octanol–water partition coefficient (Wildman–Crippen LogP) is 0.623. The van der Waals surface area contributed by atoms with Crippen molar-refractivity contribution >= 4 is 39.3 Å². The second-order valence-corrected chi connectivity index (χ2v) is 7.42. The average Bonchev–Trinajstić information content (AvgIpc) is 3.02. The van der Waals surface area contributed by atoms with Crippen LogP contribution < -0.4 is 16.6 Å². The molecule has 0 bridgehead atoms. The van der Waals surface area contributed by atoms with Crippen LogP contribution in [0.5, 0.6) is 0 Å². The van der Waals surface area contributed by atoms with E-state index in [-0.39, 0.29) is 6.54 Å². The Hall–Kier alpha value is -2.73. The molecule has 0 saturated carbocycles. The van der Waals surface area contributed by atoms with Crippen molar-refractivity contribution in [3.05, 3.63) is 55.8 Å². The molecule has 3 aromatic rings. The van der Waals surface area contributed by atoms with Crippen LogP contribution >= 0.6 is 27.7 Å². The third-order valence-corrected chi connectivity index (χ3v) is 5.17. The van der Waals surface area contributed by atoms with E-state index in [0.29, 0.717) is 10.8 Å². The maximum atomic E-state index is 12.4. The highest BCUT2D eigenvalue weighted by Crippen LogP contribution is 2.33. The van der Waals surface area contributed by atoms with Gasteiger partial charge >= 0.3 is 5.69 Å². The largest absolute Gasteiger partial charge is 0.331 e. The number of nitrogens with zero attached hydrogens (tertiary/aromatic N) is 6. The van der Waals surface area contributed by atoms with E-state index in [1.165, 1.54) is 35.8 Å². The summed E-state index contributed by atoms with van der Waals surface area (Å²) < 4.78 is 4.39. The van der Waals surface area contributed by atoms with Gasteiger partial charge < -0.3 is 5.32 Å². The molecule has 0 radical (unpaired) electrons. The first-order chi connectivity index (χ1) is 12.8. The fourth-order valence-corrected chi connectivity index (χ4v) is 3.34. The molecule has 27 heavy (non-hydrogen) atoms. The molecule has 0 aliphatic rings. The van der Waals surface area contributed by atoms with Crippen LogP contribution in [0.3, 0.4) is 0 Å². The number of rotatable bonds is 5. The van der Waals surface area contributed by atoms with Gasteiger partial charge in [-0.15, -0.1) is 5.10 Å². The van der Waals surface area contributed by atoms with E-state index in [0.717, 1.165) is 18.5 Å². The number of carbonyl (C=O) groups is 1. The molecule has 1 N–H and O–H groups in total. The Balaban J connectivity index is 1.82. The monoisotopic (exact) mass is 451 g/mol. The minimum atomic E-state index is -0.563. The van der Waals surface area contributed by atoms with Gasteiger partial charge in [0, 0.05) is 35.7 Å². The minimum absolute atomic E-state index is 0.227. The molecule has 2 aromatic heterocycles. The van der Waals surface area contributed by atoms with Gasteiger partial charge in [-0.1, -0.05) is 15.9 Å². The summed E-state index contributed by atoms with van der Waals surface area (Å²) in [6.45, 7) is -0.227. The van der Waals surface area contributed by atoms with E-state index >= 15 is 0 Å². The first-order valence-corrected chi connectivity index (χ1v) is 9.22. The molecule has 140 valence electrons. The Kier molecular flexibility index (Phi) is 5.56. The Labute approximate surface area is 165 Å². The number of amides is 1. The molecule has 0 aliphatic carbocycles. The number of aryl methyl sites for hydroxylation is 1. The van der Waals surface area contributed by atoms with Crippen molar-refractivity contribution in [3.63, 3.8) is 0 Å². The molecule has 1 aromatic carbocycles. The minimum Gasteiger partial charge on any atom is -0.323 e. The lowest BCUT2D eigenvalue weighted by Crippen LogP contribution is -2.39. The van der Waals surface area contributed by atoms with Crippen LogP contribution in [0.2, 0.25) is 0 Å². The van der Waals surface area contributed by atoms with Gasteiger partial charge in [0.05, 0.1) is 5.69 Å². The van der Waals surface area contributed by atoms with Crippen molar-refractivity contribution in [2.24, 2.45) is 14.1 Å². The zero-order valence-electron chi connectivity index (χ0n) is 14.3. The standard InChI is InChI=1S/C15H14BrN7O3S/c1-21-13(25)5-6-23(15(21)26)8-12(24)17-10-7-9(16)3-4-11(10)27-14-18-19-20-22(14)2/h3-7H,8H2,1-2H3,(H,17,24). The lowest BCUT2D eigenvalue weighted by atomic mass is 10.3. The van der Waals surface area contributed by atoms with Crippen LogP contribution in [0.25, 0.3) is 0 Å². The zero-order valence-corrected chi connectivity index (χ0v) is 16.7. The highest BCUT2D eigenvalue weighted by Gasteiger charge is 2.13. The third-order valence-electron chi connectivity index (χ3n) is 3.57. The number of anilines is 1. The fraction of sp³-hybridized carbons (Fsp3) is 0.200. The summed E-state index contributed by atoms with van der Waals surface area (Å²) in [7, 11) is 3.07. The molecule has 10 nitrogen and oxygen atoms in total. The van der Waals surface area contributed by atoms with E-state index in [4.69, 9.17) is 0 Å². The summed E-state index contributed by atoms with van der Waals surface area (Å²) in [6, 6.07) is 6.63. The molecule has 1 amide bonds. The molecule has 0 atom stereocenters. The maximum absolute atomic E-state index is 12.4. The van der Waals surface area contributed by atoms with Gasteiger partial charge in [-0.05, 0) is 40.4 Å². The van der Waals surface area contributed by atoms with Crippen LogP contribution in [0.4, 0.5) is 5.69 Å². The lowest BCUT2D eigenvalue weighted by molar-refractivity contribution is -0.116. The smallest absolute Gasteiger partial charge is 0.323 e. The molecule has 0 saturated heterocycles. The third kappa shape index (κ3) is 4.34. The van der Waals surface area contributed by atoms with Crippen LogP contribution in [0, 0.1) is 0 Å². The molecular weight excluding hydrogens is 438 g/mol. The number of hydrogen-bond donors (Lipinski definition) is 1. The van der Waals surface area contributed by atoms with Crippen LogP contribution in [0.1, 0.15) is 0 Å². The molecule has 0 aliphatic heterocycles. The number of aromatic nitrogens is 6. The van der Waals surface area contributed by atoms with E-state index in [1.807, 2.05) is 12.1 Å². The summed E-state index contributed by atoms with van der Waals surface area (Å²) in [5.74, 6) is -0.410. The van der Waals surface area contributed by atoms with Crippen molar-refractivity contribution in [2.75, 3.05) is 5.32 Å². The van der Waals surface area contributed by atoms with Gasteiger partial charge in [-0.2, -0.15) is 0 Å². The molecule has 0 fully saturated rings. The molecular formula is C15H14BrN7O3S. The molecule has 2 heterocycles. The number of hydrogen-bond acceptors (Lipinski definition) is 7. The van der Waals surface area contributed by atoms with Crippen LogP contribution in [-0.2, 0) is 25.4 Å². The average molecular weight is 452 g/mol. The lowest BCUT2D eigenvalue weighted by Gasteiger charge is -2.12. The van der Waals surface area contributed by atoms with Gasteiger partial charge in [0.1, 0.15) is 6.54 Å². The van der Waals surface area contributed by atoms with Crippen molar-refractivity contribution < 1.29 is 4.79 Å². The Bertz CT molecular complexity index is 1120. The van der Waals surface area contributed by atoms with Crippen molar-refractivity contribution in [2.45, 2.75) is 16.6 Å². The zero-order chi connectivity index (χ0) is 19.6. The highest BCUT2D eigenvalue weighted by molar-refractivity contribution is 9.10. The van der Waals surface area contributed by atoms with Crippen LogP contribution in [-0.4, -0.2) is 35.2 Å².